The van der Waals surface area contributed by atoms with Gasteiger partial charge in [-0.05, 0) is 19.1 Å². The number of hydrogen-bond acceptors (Lipinski definition) is 3. The standard InChI is InChI=1S/C13H14FN3O/c1-8-7-10(13(18)16-6-5-15)9-3-2-4-11(14)12(9)17-8/h2-4,7H,5-6,15H2,1H3,(H,16,18). The Morgan fingerprint density at radius 3 is 3.00 bits per heavy atom. The minimum atomic E-state index is -0.427. The molecule has 0 bridgehead atoms. The van der Waals surface area contributed by atoms with Gasteiger partial charge in [0.2, 0.25) is 0 Å². The summed E-state index contributed by atoms with van der Waals surface area (Å²) < 4.78 is 13.6. The quantitative estimate of drug-likeness (QED) is 0.860. The molecule has 1 aromatic carbocycles. The maximum atomic E-state index is 13.6. The van der Waals surface area contributed by atoms with Gasteiger partial charge in [0.05, 0.1) is 5.56 Å². The number of rotatable bonds is 3. The Morgan fingerprint density at radius 2 is 2.28 bits per heavy atom. The summed E-state index contributed by atoms with van der Waals surface area (Å²) in [4.78, 5) is 16.1. The second-order valence-electron chi connectivity index (χ2n) is 3.99. The van der Waals surface area contributed by atoms with Crippen molar-refractivity contribution in [1.82, 2.24) is 10.3 Å². The van der Waals surface area contributed by atoms with Crippen LogP contribution in [0.1, 0.15) is 16.1 Å². The van der Waals surface area contributed by atoms with Gasteiger partial charge in [-0.3, -0.25) is 4.79 Å². The van der Waals surface area contributed by atoms with Crippen molar-refractivity contribution in [3.05, 3.63) is 41.3 Å². The highest BCUT2D eigenvalue weighted by molar-refractivity contribution is 6.06. The van der Waals surface area contributed by atoms with Gasteiger partial charge in [0, 0.05) is 24.2 Å². The molecule has 0 spiro atoms. The average molecular weight is 247 g/mol. The van der Waals surface area contributed by atoms with Gasteiger partial charge in [-0.15, -0.1) is 0 Å². The normalized spacial score (nSPS) is 10.6. The first-order chi connectivity index (χ1) is 8.63. The Labute approximate surface area is 104 Å². The number of nitrogens with one attached hydrogen (secondary N) is 1. The molecule has 0 saturated heterocycles. The van der Waals surface area contributed by atoms with Crippen molar-refractivity contribution in [2.45, 2.75) is 6.92 Å². The largest absolute Gasteiger partial charge is 0.351 e. The minimum absolute atomic E-state index is 0.218. The van der Waals surface area contributed by atoms with Gasteiger partial charge in [-0.2, -0.15) is 0 Å². The Bertz CT molecular complexity index is 598. The van der Waals surface area contributed by atoms with Crippen LogP contribution in [0.3, 0.4) is 0 Å². The summed E-state index contributed by atoms with van der Waals surface area (Å²) in [7, 11) is 0. The fourth-order valence-corrected chi connectivity index (χ4v) is 1.81. The molecular weight excluding hydrogens is 233 g/mol. The highest BCUT2D eigenvalue weighted by atomic mass is 19.1. The van der Waals surface area contributed by atoms with Gasteiger partial charge in [-0.25, -0.2) is 9.37 Å². The molecule has 3 N–H and O–H groups in total. The zero-order chi connectivity index (χ0) is 13.1. The molecule has 4 nitrogen and oxygen atoms in total. The summed E-state index contributed by atoms with van der Waals surface area (Å²) >= 11 is 0. The number of pyridine rings is 1. The van der Waals surface area contributed by atoms with Gasteiger partial charge >= 0.3 is 0 Å². The number of carbonyl (C=O) groups is 1. The van der Waals surface area contributed by atoms with Crippen molar-refractivity contribution in [3.8, 4) is 0 Å². The molecule has 2 rings (SSSR count). The summed E-state index contributed by atoms with van der Waals surface area (Å²) in [5, 5.41) is 3.18. The van der Waals surface area contributed by atoms with Crippen LogP contribution in [0.15, 0.2) is 24.3 Å². The smallest absolute Gasteiger partial charge is 0.252 e. The summed E-state index contributed by atoms with van der Waals surface area (Å²) in [6.45, 7) is 2.48. The van der Waals surface area contributed by atoms with Gasteiger partial charge in [0.1, 0.15) is 11.3 Å². The molecule has 1 aromatic heterocycles. The van der Waals surface area contributed by atoms with Crippen LogP contribution in [0.25, 0.3) is 10.9 Å². The van der Waals surface area contributed by atoms with E-state index >= 15 is 0 Å². The van der Waals surface area contributed by atoms with E-state index in [4.69, 9.17) is 5.73 Å². The van der Waals surface area contributed by atoms with Crippen LogP contribution in [0.4, 0.5) is 4.39 Å². The third kappa shape index (κ3) is 2.31. The van der Waals surface area contributed by atoms with Crippen molar-refractivity contribution in [2.75, 3.05) is 13.1 Å². The monoisotopic (exact) mass is 247 g/mol. The summed E-state index contributed by atoms with van der Waals surface area (Å²) in [5.74, 6) is -0.689. The molecule has 94 valence electrons. The first-order valence-electron chi connectivity index (χ1n) is 5.67. The molecule has 0 atom stereocenters. The van der Waals surface area contributed by atoms with Crippen LogP contribution < -0.4 is 11.1 Å². The zero-order valence-electron chi connectivity index (χ0n) is 10.0. The molecule has 1 amide bonds. The number of para-hydroxylation sites is 1. The number of halogens is 1. The Balaban J connectivity index is 2.56. The number of amides is 1. The Morgan fingerprint density at radius 1 is 1.50 bits per heavy atom. The third-order valence-electron chi connectivity index (χ3n) is 2.59. The molecular formula is C13H14FN3O. The second-order valence-corrected chi connectivity index (χ2v) is 3.99. The number of nitrogens with zero attached hydrogens (tertiary/aromatic N) is 1. The number of aromatic nitrogens is 1. The van der Waals surface area contributed by atoms with Gasteiger partial charge in [-0.1, -0.05) is 12.1 Å². The topological polar surface area (TPSA) is 68.0 Å². The SMILES string of the molecule is Cc1cc(C(=O)NCCN)c2cccc(F)c2n1. The van der Waals surface area contributed by atoms with Gasteiger partial charge in [0.15, 0.2) is 0 Å². The lowest BCUT2D eigenvalue weighted by molar-refractivity contribution is 0.0956. The molecule has 5 heteroatoms. The van der Waals surface area contributed by atoms with E-state index in [1.165, 1.54) is 6.07 Å². The van der Waals surface area contributed by atoms with E-state index in [9.17, 15) is 9.18 Å². The molecule has 1 heterocycles. The van der Waals surface area contributed by atoms with Crippen LogP contribution in [0, 0.1) is 12.7 Å². The molecule has 0 aliphatic carbocycles. The Kier molecular flexibility index (Phi) is 3.53. The van der Waals surface area contributed by atoms with Crippen LogP contribution in [-0.2, 0) is 0 Å². The lowest BCUT2D eigenvalue weighted by atomic mass is 10.1. The van der Waals surface area contributed by atoms with Crippen LogP contribution >= 0.6 is 0 Å². The number of benzene rings is 1. The summed E-state index contributed by atoms with van der Waals surface area (Å²) in [6.07, 6.45) is 0. The molecule has 0 aliphatic rings. The van der Waals surface area contributed by atoms with Crippen LogP contribution in [0.2, 0.25) is 0 Å². The Hall–Kier alpha value is -2.01. The number of fused-ring (bicyclic) bond motifs is 1. The highest BCUT2D eigenvalue weighted by Crippen LogP contribution is 2.20. The molecule has 0 aliphatic heterocycles. The number of nitrogens with two attached hydrogens (primary N) is 1. The maximum absolute atomic E-state index is 13.6. The molecule has 18 heavy (non-hydrogen) atoms. The first kappa shape index (κ1) is 12.4. The maximum Gasteiger partial charge on any atom is 0.252 e. The summed E-state index contributed by atoms with van der Waals surface area (Å²) in [6, 6.07) is 6.22. The summed E-state index contributed by atoms with van der Waals surface area (Å²) in [5.41, 5.74) is 6.58. The van der Waals surface area contributed by atoms with E-state index in [-0.39, 0.29) is 11.4 Å². The molecule has 0 fully saturated rings. The number of hydrogen-bond donors (Lipinski definition) is 2. The first-order valence-corrected chi connectivity index (χ1v) is 5.67. The van der Waals surface area contributed by atoms with Crippen molar-refractivity contribution in [3.63, 3.8) is 0 Å². The van der Waals surface area contributed by atoms with Gasteiger partial charge < -0.3 is 11.1 Å². The van der Waals surface area contributed by atoms with E-state index in [1.54, 1.807) is 25.1 Å². The molecule has 0 radical (unpaired) electrons. The molecule has 2 aromatic rings. The average Bonchev–Trinajstić information content (AvgIpc) is 2.36. The van der Waals surface area contributed by atoms with Crippen LogP contribution in [0.5, 0.6) is 0 Å². The van der Waals surface area contributed by atoms with E-state index in [1.807, 2.05) is 0 Å². The minimum Gasteiger partial charge on any atom is -0.351 e. The zero-order valence-corrected chi connectivity index (χ0v) is 10.0. The van der Waals surface area contributed by atoms with Crippen molar-refractivity contribution in [1.29, 1.82) is 0 Å². The predicted molar refractivity (Wildman–Crippen MR) is 67.8 cm³/mol. The molecule has 0 unspecified atom stereocenters. The fraction of sp³-hybridized carbons (Fsp3) is 0.231. The fourth-order valence-electron chi connectivity index (χ4n) is 1.81. The highest BCUT2D eigenvalue weighted by Gasteiger charge is 2.13. The number of aryl methyl sites for hydroxylation is 1. The van der Waals surface area contributed by atoms with E-state index < -0.39 is 5.82 Å². The van der Waals surface area contributed by atoms with E-state index in [2.05, 4.69) is 10.3 Å². The van der Waals surface area contributed by atoms with Crippen molar-refractivity contribution in [2.24, 2.45) is 5.73 Å². The third-order valence-corrected chi connectivity index (χ3v) is 2.59. The van der Waals surface area contributed by atoms with E-state index in [0.29, 0.717) is 29.7 Å². The van der Waals surface area contributed by atoms with Crippen LogP contribution in [-0.4, -0.2) is 24.0 Å². The second kappa shape index (κ2) is 5.10. The lowest BCUT2D eigenvalue weighted by Gasteiger charge is -2.08. The van der Waals surface area contributed by atoms with E-state index in [0.717, 1.165) is 0 Å². The molecule has 0 saturated carbocycles. The van der Waals surface area contributed by atoms with Gasteiger partial charge in [0.25, 0.3) is 5.91 Å². The predicted octanol–water partition coefficient (Wildman–Crippen LogP) is 1.37. The number of carbonyl (C=O) groups excluding carboxylic acids is 1. The van der Waals surface area contributed by atoms with Crippen molar-refractivity contribution >= 4 is 16.8 Å². The van der Waals surface area contributed by atoms with Crippen molar-refractivity contribution < 1.29 is 9.18 Å². The lowest BCUT2D eigenvalue weighted by Crippen LogP contribution is -2.29.